The third kappa shape index (κ3) is 5.41. The maximum Gasteiger partial charge on any atom is 0.237 e. The van der Waals surface area contributed by atoms with Crippen molar-refractivity contribution in [3.8, 4) is 0 Å². The highest BCUT2D eigenvalue weighted by Gasteiger charge is 2.21. The second kappa shape index (κ2) is 8.46. The molecule has 0 aliphatic heterocycles. The molecule has 0 aliphatic rings. The average molecular weight is 234 g/mol. The average Bonchev–Trinajstić information content (AvgIpc) is 2.27. The molecule has 0 fully saturated rings. The molecule has 16 heavy (non-hydrogen) atoms. The van der Waals surface area contributed by atoms with E-state index in [0.29, 0.717) is 13.0 Å². The van der Waals surface area contributed by atoms with Gasteiger partial charge in [-0.1, -0.05) is 0 Å². The lowest BCUT2D eigenvalue weighted by Crippen LogP contribution is -2.49. The van der Waals surface area contributed by atoms with Crippen LogP contribution in [0.5, 0.6) is 0 Å². The molecule has 2 unspecified atom stereocenters. The fourth-order valence-electron chi connectivity index (χ4n) is 1.28. The number of carbonyl (C=O) groups is 1. The summed E-state index contributed by atoms with van der Waals surface area (Å²) >= 11 is 0. The summed E-state index contributed by atoms with van der Waals surface area (Å²) in [5.41, 5.74) is 5.66. The summed E-state index contributed by atoms with van der Waals surface area (Å²) in [6, 6.07) is -0.826. The van der Waals surface area contributed by atoms with Gasteiger partial charge in [-0.2, -0.15) is 0 Å². The van der Waals surface area contributed by atoms with Crippen molar-refractivity contribution in [2.24, 2.45) is 5.73 Å². The first-order valence-electron chi connectivity index (χ1n) is 5.17. The summed E-state index contributed by atoms with van der Waals surface area (Å²) < 4.78 is 14.9. The highest BCUT2D eigenvalue weighted by atomic mass is 16.7. The smallest absolute Gasteiger partial charge is 0.237 e. The van der Waals surface area contributed by atoms with Crippen LogP contribution in [0.4, 0.5) is 0 Å². The summed E-state index contributed by atoms with van der Waals surface area (Å²) in [6.07, 6.45) is 0.0123. The molecule has 0 radical (unpaired) electrons. The summed E-state index contributed by atoms with van der Waals surface area (Å²) in [5.74, 6) is -0.233. The van der Waals surface area contributed by atoms with Gasteiger partial charge in [0.1, 0.15) is 0 Å². The van der Waals surface area contributed by atoms with Gasteiger partial charge >= 0.3 is 0 Å². The molecular weight excluding hydrogens is 212 g/mol. The van der Waals surface area contributed by atoms with Gasteiger partial charge in [0.15, 0.2) is 6.29 Å². The third-order valence-electron chi connectivity index (χ3n) is 2.21. The minimum atomic E-state index is -0.572. The van der Waals surface area contributed by atoms with E-state index in [1.54, 1.807) is 14.0 Å². The highest BCUT2D eigenvalue weighted by molar-refractivity contribution is 5.81. The quantitative estimate of drug-likeness (QED) is 0.552. The van der Waals surface area contributed by atoms with E-state index < -0.39 is 12.3 Å². The van der Waals surface area contributed by atoms with Crippen LogP contribution >= 0.6 is 0 Å². The normalized spacial score (nSPS) is 14.9. The maximum absolute atomic E-state index is 11.6. The van der Waals surface area contributed by atoms with Crippen molar-refractivity contribution in [1.82, 2.24) is 5.32 Å². The molecule has 0 heterocycles. The molecule has 0 rings (SSSR count). The number of methoxy groups -OCH3 is 3. The minimum Gasteiger partial charge on any atom is -0.385 e. The van der Waals surface area contributed by atoms with Gasteiger partial charge in [-0.25, -0.2) is 0 Å². The van der Waals surface area contributed by atoms with Crippen LogP contribution in [0.3, 0.4) is 0 Å². The Morgan fingerprint density at radius 1 is 1.31 bits per heavy atom. The molecule has 6 heteroatoms. The molecule has 1 amide bonds. The Morgan fingerprint density at radius 3 is 2.31 bits per heavy atom. The number of carbonyl (C=O) groups excluding carboxylic acids is 1. The lowest BCUT2D eigenvalue weighted by molar-refractivity contribution is -0.136. The molecule has 3 N–H and O–H groups in total. The van der Waals surface area contributed by atoms with Gasteiger partial charge in [0.25, 0.3) is 0 Å². The lowest BCUT2D eigenvalue weighted by atomic mass is 10.2. The molecule has 0 aliphatic carbocycles. The van der Waals surface area contributed by atoms with E-state index in [0.717, 1.165) is 0 Å². The van der Waals surface area contributed by atoms with Crippen LogP contribution in [0.1, 0.15) is 13.3 Å². The number of hydrogen-bond acceptors (Lipinski definition) is 5. The number of rotatable bonds is 8. The Bertz CT molecular complexity index is 197. The molecular formula is C10H22N2O4. The van der Waals surface area contributed by atoms with Crippen molar-refractivity contribution in [3.63, 3.8) is 0 Å². The molecule has 0 aromatic heterocycles. The van der Waals surface area contributed by atoms with Gasteiger partial charge in [0.2, 0.25) is 5.91 Å². The summed E-state index contributed by atoms with van der Waals surface area (Å²) in [5, 5.41) is 2.72. The second-order valence-electron chi connectivity index (χ2n) is 3.53. The maximum atomic E-state index is 11.6. The lowest BCUT2D eigenvalue weighted by Gasteiger charge is -2.23. The number of ether oxygens (including phenoxy) is 3. The standard InChI is InChI=1S/C10H22N2O4/c1-7(10(15-3)16-4)12-9(13)8(11)5-6-14-2/h7-8,10H,5-6,11H2,1-4H3,(H,12,13). The van der Waals surface area contributed by atoms with Crippen LogP contribution in [-0.4, -0.2) is 52.2 Å². The van der Waals surface area contributed by atoms with Gasteiger partial charge in [0.05, 0.1) is 12.1 Å². The predicted octanol–water partition coefficient (Wildman–Crippen LogP) is -0.526. The van der Waals surface area contributed by atoms with E-state index in [1.165, 1.54) is 14.2 Å². The second-order valence-corrected chi connectivity index (χ2v) is 3.53. The molecule has 0 saturated carbocycles. The first-order valence-corrected chi connectivity index (χ1v) is 5.17. The van der Waals surface area contributed by atoms with Crippen molar-refractivity contribution in [3.05, 3.63) is 0 Å². The van der Waals surface area contributed by atoms with Gasteiger partial charge in [0, 0.05) is 27.9 Å². The Labute approximate surface area is 96.4 Å². The Hall–Kier alpha value is -0.690. The molecule has 0 aromatic rings. The highest BCUT2D eigenvalue weighted by Crippen LogP contribution is 1.99. The molecule has 96 valence electrons. The fourth-order valence-corrected chi connectivity index (χ4v) is 1.28. The summed E-state index contributed by atoms with van der Waals surface area (Å²) in [4.78, 5) is 11.6. The molecule has 0 spiro atoms. The van der Waals surface area contributed by atoms with Crippen LogP contribution < -0.4 is 11.1 Å². The zero-order chi connectivity index (χ0) is 12.6. The minimum absolute atomic E-state index is 0.233. The summed E-state index contributed by atoms with van der Waals surface area (Å²) in [6.45, 7) is 2.25. The Balaban J connectivity index is 4.01. The SMILES string of the molecule is COCCC(N)C(=O)NC(C)C(OC)OC. The van der Waals surface area contributed by atoms with Crippen molar-refractivity contribution in [2.75, 3.05) is 27.9 Å². The zero-order valence-corrected chi connectivity index (χ0v) is 10.4. The third-order valence-corrected chi connectivity index (χ3v) is 2.21. The van der Waals surface area contributed by atoms with E-state index in [-0.39, 0.29) is 11.9 Å². The largest absolute Gasteiger partial charge is 0.385 e. The van der Waals surface area contributed by atoms with Crippen molar-refractivity contribution in [1.29, 1.82) is 0 Å². The van der Waals surface area contributed by atoms with Crippen LogP contribution in [0.15, 0.2) is 0 Å². The number of nitrogens with two attached hydrogens (primary N) is 1. The Morgan fingerprint density at radius 2 is 1.88 bits per heavy atom. The van der Waals surface area contributed by atoms with Crippen LogP contribution in [-0.2, 0) is 19.0 Å². The fraction of sp³-hybridized carbons (Fsp3) is 0.900. The molecule has 0 aromatic carbocycles. The van der Waals surface area contributed by atoms with E-state index in [2.05, 4.69) is 5.32 Å². The van der Waals surface area contributed by atoms with E-state index >= 15 is 0 Å². The van der Waals surface area contributed by atoms with E-state index in [1.807, 2.05) is 0 Å². The monoisotopic (exact) mass is 234 g/mol. The van der Waals surface area contributed by atoms with Crippen LogP contribution in [0.25, 0.3) is 0 Å². The summed E-state index contributed by atoms with van der Waals surface area (Å²) in [7, 11) is 4.60. The number of nitrogens with one attached hydrogen (secondary N) is 1. The van der Waals surface area contributed by atoms with Gasteiger partial charge in [-0.15, -0.1) is 0 Å². The Kier molecular flexibility index (Phi) is 8.10. The van der Waals surface area contributed by atoms with E-state index in [4.69, 9.17) is 19.9 Å². The molecule has 0 saturated heterocycles. The zero-order valence-electron chi connectivity index (χ0n) is 10.4. The van der Waals surface area contributed by atoms with Crippen molar-refractivity contribution >= 4 is 5.91 Å². The molecule has 2 atom stereocenters. The van der Waals surface area contributed by atoms with Crippen molar-refractivity contribution in [2.45, 2.75) is 31.7 Å². The van der Waals surface area contributed by atoms with Crippen molar-refractivity contribution < 1.29 is 19.0 Å². The van der Waals surface area contributed by atoms with E-state index in [9.17, 15) is 4.79 Å². The number of amides is 1. The van der Waals surface area contributed by atoms with Crippen LogP contribution in [0, 0.1) is 0 Å². The molecule has 0 bridgehead atoms. The van der Waals surface area contributed by atoms with Crippen LogP contribution in [0.2, 0.25) is 0 Å². The predicted molar refractivity (Wildman–Crippen MR) is 59.9 cm³/mol. The topological polar surface area (TPSA) is 82.8 Å². The first-order chi connectivity index (χ1) is 7.56. The van der Waals surface area contributed by atoms with Gasteiger partial charge < -0.3 is 25.3 Å². The van der Waals surface area contributed by atoms with Gasteiger partial charge in [-0.05, 0) is 13.3 Å². The van der Waals surface area contributed by atoms with Gasteiger partial charge in [-0.3, -0.25) is 4.79 Å². The molecule has 6 nitrogen and oxygen atoms in total. The first kappa shape index (κ1) is 15.3. The number of hydrogen-bond donors (Lipinski definition) is 2.